The standard InChI is InChI=1S/C17H27FN2/c1-4-10-19-14(3)17-15(18)6-5-7-16(17)20-11-8-13(2)9-12-20/h5-7,13-14,19H,4,8-12H2,1-3H3. The molecule has 0 bridgehead atoms. The third-order valence-electron chi connectivity index (χ3n) is 4.29. The Balaban J connectivity index is 2.21. The van der Waals surface area contributed by atoms with Gasteiger partial charge in [0.15, 0.2) is 0 Å². The van der Waals surface area contributed by atoms with E-state index >= 15 is 0 Å². The van der Waals surface area contributed by atoms with E-state index in [-0.39, 0.29) is 11.9 Å². The molecule has 0 radical (unpaired) electrons. The van der Waals surface area contributed by atoms with E-state index in [2.05, 4.69) is 37.1 Å². The van der Waals surface area contributed by atoms with Crippen molar-refractivity contribution in [3.8, 4) is 0 Å². The molecule has 0 aliphatic carbocycles. The summed E-state index contributed by atoms with van der Waals surface area (Å²) in [6, 6.07) is 5.54. The molecule has 1 aliphatic heterocycles. The Bertz CT molecular complexity index is 425. The Hall–Kier alpha value is -1.09. The highest BCUT2D eigenvalue weighted by Crippen LogP contribution is 2.31. The van der Waals surface area contributed by atoms with Gasteiger partial charge in [0.05, 0.1) is 0 Å². The van der Waals surface area contributed by atoms with Gasteiger partial charge in [0.25, 0.3) is 0 Å². The molecule has 0 spiro atoms. The highest BCUT2D eigenvalue weighted by atomic mass is 19.1. The van der Waals surface area contributed by atoms with E-state index in [4.69, 9.17) is 0 Å². The minimum Gasteiger partial charge on any atom is -0.371 e. The van der Waals surface area contributed by atoms with Crippen LogP contribution in [0.4, 0.5) is 10.1 Å². The number of nitrogens with one attached hydrogen (secondary N) is 1. The largest absolute Gasteiger partial charge is 0.371 e. The SMILES string of the molecule is CCCNC(C)c1c(F)cccc1N1CCC(C)CC1. The van der Waals surface area contributed by atoms with Gasteiger partial charge in [-0.05, 0) is 50.8 Å². The molecule has 112 valence electrons. The maximum atomic E-state index is 14.3. The number of benzene rings is 1. The fourth-order valence-corrected chi connectivity index (χ4v) is 2.94. The molecular formula is C17H27FN2. The van der Waals surface area contributed by atoms with E-state index in [1.807, 2.05) is 6.07 Å². The Labute approximate surface area is 122 Å². The van der Waals surface area contributed by atoms with Crippen molar-refractivity contribution in [1.82, 2.24) is 5.32 Å². The van der Waals surface area contributed by atoms with Gasteiger partial charge in [-0.3, -0.25) is 0 Å². The van der Waals surface area contributed by atoms with Crippen LogP contribution < -0.4 is 10.2 Å². The van der Waals surface area contributed by atoms with Gasteiger partial charge in [-0.2, -0.15) is 0 Å². The molecule has 1 aromatic carbocycles. The fraction of sp³-hybridized carbons (Fsp3) is 0.647. The maximum absolute atomic E-state index is 14.3. The molecular weight excluding hydrogens is 251 g/mol. The first-order chi connectivity index (χ1) is 9.63. The lowest BCUT2D eigenvalue weighted by molar-refractivity contribution is 0.435. The van der Waals surface area contributed by atoms with E-state index in [1.54, 1.807) is 6.07 Å². The third kappa shape index (κ3) is 3.51. The van der Waals surface area contributed by atoms with Gasteiger partial charge >= 0.3 is 0 Å². The molecule has 1 saturated heterocycles. The zero-order valence-electron chi connectivity index (χ0n) is 13.0. The summed E-state index contributed by atoms with van der Waals surface area (Å²) < 4.78 is 14.3. The van der Waals surface area contributed by atoms with Crippen molar-refractivity contribution in [2.45, 2.75) is 46.1 Å². The van der Waals surface area contributed by atoms with Gasteiger partial charge in [0.1, 0.15) is 5.82 Å². The number of hydrogen-bond donors (Lipinski definition) is 1. The van der Waals surface area contributed by atoms with Crippen LogP contribution in [0.3, 0.4) is 0 Å². The molecule has 0 saturated carbocycles. The predicted molar refractivity (Wildman–Crippen MR) is 83.7 cm³/mol. The number of hydrogen-bond acceptors (Lipinski definition) is 2. The van der Waals surface area contributed by atoms with Crippen molar-refractivity contribution in [3.63, 3.8) is 0 Å². The molecule has 3 heteroatoms. The Kier molecular flexibility index (Phi) is 5.41. The molecule has 2 rings (SSSR count). The summed E-state index contributed by atoms with van der Waals surface area (Å²) in [7, 11) is 0. The Morgan fingerprint density at radius 3 is 2.70 bits per heavy atom. The highest BCUT2D eigenvalue weighted by molar-refractivity contribution is 5.55. The smallest absolute Gasteiger partial charge is 0.130 e. The van der Waals surface area contributed by atoms with Crippen LogP contribution in [0.5, 0.6) is 0 Å². The van der Waals surface area contributed by atoms with Crippen LogP contribution in [0.2, 0.25) is 0 Å². The molecule has 1 aromatic rings. The quantitative estimate of drug-likeness (QED) is 0.871. The number of halogens is 1. The highest BCUT2D eigenvalue weighted by Gasteiger charge is 2.22. The Morgan fingerprint density at radius 2 is 2.05 bits per heavy atom. The topological polar surface area (TPSA) is 15.3 Å². The normalized spacial score (nSPS) is 18.3. The lowest BCUT2D eigenvalue weighted by Crippen LogP contribution is -2.34. The van der Waals surface area contributed by atoms with Crippen LogP contribution in [0.1, 0.15) is 51.6 Å². The summed E-state index contributed by atoms with van der Waals surface area (Å²) in [6.07, 6.45) is 3.47. The molecule has 0 amide bonds. The Morgan fingerprint density at radius 1 is 1.35 bits per heavy atom. The number of anilines is 1. The second-order valence-electron chi connectivity index (χ2n) is 6.02. The molecule has 1 fully saturated rings. The molecule has 1 unspecified atom stereocenters. The van der Waals surface area contributed by atoms with Crippen molar-refractivity contribution < 1.29 is 4.39 Å². The molecule has 1 atom stereocenters. The first-order valence-electron chi connectivity index (χ1n) is 7.90. The van der Waals surface area contributed by atoms with E-state index in [1.165, 1.54) is 12.8 Å². The molecule has 1 heterocycles. The minimum absolute atomic E-state index is 0.0606. The summed E-state index contributed by atoms with van der Waals surface area (Å²) in [5, 5.41) is 3.41. The van der Waals surface area contributed by atoms with Gasteiger partial charge in [-0.1, -0.05) is 19.9 Å². The summed E-state index contributed by atoms with van der Waals surface area (Å²) in [5.74, 6) is 0.705. The average molecular weight is 278 g/mol. The zero-order valence-corrected chi connectivity index (χ0v) is 13.0. The first kappa shape index (κ1) is 15.3. The second-order valence-corrected chi connectivity index (χ2v) is 6.02. The lowest BCUT2D eigenvalue weighted by atomic mass is 9.96. The zero-order chi connectivity index (χ0) is 14.5. The van der Waals surface area contributed by atoms with Crippen molar-refractivity contribution >= 4 is 5.69 Å². The summed E-state index contributed by atoms with van der Waals surface area (Å²) in [4.78, 5) is 2.35. The molecule has 1 aliphatic rings. The van der Waals surface area contributed by atoms with Crippen LogP contribution in [-0.2, 0) is 0 Å². The second kappa shape index (κ2) is 7.07. The molecule has 1 N–H and O–H groups in total. The van der Waals surface area contributed by atoms with E-state index in [0.29, 0.717) is 0 Å². The minimum atomic E-state index is -0.0859. The summed E-state index contributed by atoms with van der Waals surface area (Å²) >= 11 is 0. The first-order valence-corrected chi connectivity index (χ1v) is 7.90. The molecule has 20 heavy (non-hydrogen) atoms. The van der Waals surface area contributed by atoms with Crippen molar-refractivity contribution in [2.75, 3.05) is 24.5 Å². The molecule has 2 nitrogen and oxygen atoms in total. The van der Waals surface area contributed by atoms with Gasteiger partial charge < -0.3 is 10.2 Å². The van der Waals surface area contributed by atoms with Crippen LogP contribution in [0.25, 0.3) is 0 Å². The van der Waals surface area contributed by atoms with E-state index in [0.717, 1.165) is 43.2 Å². The monoisotopic (exact) mass is 278 g/mol. The van der Waals surface area contributed by atoms with E-state index in [9.17, 15) is 4.39 Å². The van der Waals surface area contributed by atoms with E-state index < -0.39 is 0 Å². The number of rotatable bonds is 5. The molecule has 0 aromatic heterocycles. The van der Waals surface area contributed by atoms with Crippen molar-refractivity contribution in [3.05, 3.63) is 29.6 Å². The van der Waals surface area contributed by atoms with Gasteiger partial charge in [0, 0.05) is 30.4 Å². The van der Waals surface area contributed by atoms with Crippen molar-refractivity contribution in [1.29, 1.82) is 0 Å². The van der Waals surface area contributed by atoms with Crippen LogP contribution in [0, 0.1) is 11.7 Å². The fourth-order valence-electron chi connectivity index (χ4n) is 2.94. The third-order valence-corrected chi connectivity index (χ3v) is 4.29. The summed E-state index contributed by atoms with van der Waals surface area (Å²) in [6.45, 7) is 9.50. The number of piperidine rings is 1. The van der Waals surface area contributed by atoms with Gasteiger partial charge in [-0.15, -0.1) is 0 Å². The maximum Gasteiger partial charge on any atom is 0.130 e. The summed E-state index contributed by atoms with van der Waals surface area (Å²) in [5.41, 5.74) is 1.91. The van der Waals surface area contributed by atoms with Crippen LogP contribution in [-0.4, -0.2) is 19.6 Å². The number of nitrogens with zero attached hydrogens (tertiary/aromatic N) is 1. The lowest BCUT2D eigenvalue weighted by Gasteiger charge is -2.34. The van der Waals surface area contributed by atoms with Gasteiger partial charge in [0.2, 0.25) is 0 Å². The van der Waals surface area contributed by atoms with Crippen LogP contribution >= 0.6 is 0 Å². The van der Waals surface area contributed by atoms with Gasteiger partial charge in [-0.25, -0.2) is 4.39 Å². The predicted octanol–water partition coefficient (Wildman–Crippen LogP) is 4.12. The van der Waals surface area contributed by atoms with Crippen molar-refractivity contribution in [2.24, 2.45) is 5.92 Å². The van der Waals surface area contributed by atoms with Crippen LogP contribution in [0.15, 0.2) is 18.2 Å². The average Bonchev–Trinajstić information content (AvgIpc) is 2.45.